The number of aryl methyl sites for hydroxylation is 1. The van der Waals surface area contributed by atoms with Crippen LogP contribution in [-0.2, 0) is 6.54 Å². The first-order valence-corrected chi connectivity index (χ1v) is 5.37. The van der Waals surface area contributed by atoms with Crippen LogP contribution in [0.1, 0.15) is 48.7 Å². The third kappa shape index (κ3) is 2.63. The molecule has 0 bridgehead atoms. The SMILES string of the molecule is CC(C)c1c(C(=O)O)ccn1CCCC#N. The van der Waals surface area contributed by atoms with Gasteiger partial charge in [-0.25, -0.2) is 4.79 Å². The van der Waals surface area contributed by atoms with Crippen LogP contribution in [0.2, 0.25) is 0 Å². The van der Waals surface area contributed by atoms with Crippen LogP contribution >= 0.6 is 0 Å². The zero-order valence-corrected chi connectivity index (χ0v) is 9.60. The van der Waals surface area contributed by atoms with Gasteiger partial charge in [0.25, 0.3) is 0 Å². The van der Waals surface area contributed by atoms with Crippen molar-refractivity contribution in [2.45, 2.75) is 39.2 Å². The first-order valence-electron chi connectivity index (χ1n) is 5.37. The molecule has 0 atom stereocenters. The van der Waals surface area contributed by atoms with Gasteiger partial charge in [0.1, 0.15) is 0 Å². The standard InChI is InChI=1S/C12H16N2O2/c1-9(2)11-10(12(15)16)5-8-14(11)7-4-3-6-13/h5,8-9H,3-4,7H2,1-2H3,(H,15,16). The molecule has 0 radical (unpaired) electrons. The summed E-state index contributed by atoms with van der Waals surface area (Å²) in [6.45, 7) is 4.65. The maximum Gasteiger partial charge on any atom is 0.337 e. The number of nitrogens with zero attached hydrogens (tertiary/aromatic N) is 2. The summed E-state index contributed by atoms with van der Waals surface area (Å²) in [5, 5.41) is 17.5. The van der Waals surface area contributed by atoms with Gasteiger partial charge < -0.3 is 9.67 Å². The Labute approximate surface area is 95.1 Å². The topological polar surface area (TPSA) is 66.0 Å². The maximum absolute atomic E-state index is 11.0. The Balaban J connectivity index is 2.93. The highest BCUT2D eigenvalue weighted by Gasteiger charge is 2.17. The normalized spacial score (nSPS) is 10.4. The second-order valence-electron chi connectivity index (χ2n) is 4.03. The number of carboxylic acid groups (broad SMARTS) is 1. The Bertz CT molecular complexity index is 413. The first-order chi connectivity index (χ1) is 7.57. The molecule has 1 aromatic rings. The summed E-state index contributed by atoms with van der Waals surface area (Å²) in [4.78, 5) is 11.0. The van der Waals surface area contributed by atoms with Gasteiger partial charge in [0.2, 0.25) is 0 Å². The second-order valence-corrected chi connectivity index (χ2v) is 4.03. The van der Waals surface area contributed by atoms with Gasteiger partial charge in [-0.15, -0.1) is 0 Å². The third-order valence-corrected chi connectivity index (χ3v) is 2.47. The average molecular weight is 220 g/mol. The summed E-state index contributed by atoms with van der Waals surface area (Å²) in [5.74, 6) is -0.717. The third-order valence-electron chi connectivity index (χ3n) is 2.47. The van der Waals surface area contributed by atoms with E-state index in [-0.39, 0.29) is 5.92 Å². The summed E-state index contributed by atoms with van der Waals surface area (Å²) >= 11 is 0. The number of unbranched alkanes of at least 4 members (excludes halogenated alkanes) is 1. The predicted octanol–water partition coefficient (Wildman–Crippen LogP) is 2.61. The van der Waals surface area contributed by atoms with E-state index in [9.17, 15) is 4.79 Å². The molecule has 0 saturated heterocycles. The lowest BCUT2D eigenvalue weighted by molar-refractivity contribution is 0.0695. The molecule has 1 heterocycles. The first kappa shape index (κ1) is 12.3. The van der Waals surface area contributed by atoms with Gasteiger partial charge in [0.15, 0.2) is 0 Å². The van der Waals surface area contributed by atoms with E-state index >= 15 is 0 Å². The minimum atomic E-state index is -0.886. The molecule has 0 aromatic carbocycles. The number of carbonyl (C=O) groups is 1. The van der Waals surface area contributed by atoms with E-state index in [2.05, 4.69) is 6.07 Å². The van der Waals surface area contributed by atoms with Crippen LogP contribution in [0.15, 0.2) is 12.3 Å². The quantitative estimate of drug-likeness (QED) is 0.775. The Morgan fingerprint density at radius 3 is 2.81 bits per heavy atom. The van der Waals surface area contributed by atoms with Crippen molar-refractivity contribution in [1.29, 1.82) is 5.26 Å². The smallest absolute Gasteiger partial charge is 0.337 e. The van der Waals surface area contributed by atoms with Gasteiger partial charge in [0, 0.05) is 24.9 Å². The zero-order valence-electron chi connectivity index (χ0n) is 9.60. The van der Waals surface area contributed by atoms with Crippen LogP contribution in [0, 0.1) is 11.3 Å². The van der Waals surface area contributed by atoms with Gasteiger partial charge in [-0.3, -0.25) is 0 Å². The van der Waals surface area contributed by atoms with Crippen LogP contribution in [-0.4, -0.2) is 15.6 Å². The average Bonchev–Trinajstić information content (AvgIpc) is 2.62. The Morgan fingerprint density at radius 2 is 2.31 bits per heavy atom. The molecule has 0 unspecified atom stereocenters. The molecule has 1 N–H and O–H groups in total. The predicted molar refractivity (Wildman–Crippen MR) is 60.3 cm³/mol. The number of carboxylic acids is 1. The monoisotopic (exact) mass is 220 g/mol. The number of hydrogen-bond donors (Lipinski definition) is 1. The van der Waals surface area contributed by atoms with Gasteiger partial charge in [0.05, 0.1) is 11.6 Å². The van der Waals surface area contributed by atoms with Crippen LogP contribution in [0.3, 0.4) is 0 Å². The van der Waals surface area contributed by atoms with E-state index in [1.165, 1.54) is 0 Å². The summed E-state index contributed by atoms with van der Waals surface area (Å²) in [6.07, 6.45) is 3.04. The minimum Gasteiger partial charge on any atom is -0.478 e. The van der Waals surface area contributed by atoms with Gasteiger partial charge in [-0.2, -0.15) is 5.26 Å². The number of aromatic nitrogens is 1. The highest BCUT2D eigenvalue weighted by Crippen LogP contribution is 2.21. The van der Waals surface area contributed by atoms with Crippen molar-refractivity contribution >= 4 is 5.97 Å². The fraction of sp³-hybridized carbons (Fsp3) is 0.500. The van der Waals surface area contributed by atoms with Crippen LogP contribution < -0.4 is 0 Å². The van der Waals surface area contributed by atoms with Gasteiger partial charge >= 0.3 is 5.97 Å². The van der Waals surface area contributed by atoms with Crippen molar-refractivity contribution in [3.05, 3.63) is 23.5 Å². The molecule has 4 heteroatoms. The van der Waals surface area contributed by atoms with Crippen LogP contribution in [0.25, 0.3) is 0 Å². The highest BCUT2D eigenvalue weighted by atomic mass is 16.4. The van der Waals surface area contributed by atoms with E-state index in [4.69, 9.17) is 10.4 Å². The molecule has 0 aliphatic rings. The number of rotatable bonds is 5. The summed E-state index contributed by atoms with van der Waals surface area (Å²) in [7, 11) is 0. The van der Waals surface area contributed by atoms with Crippen LogP contribution in [0.5, 0.6) is 0 Å². The largest absolute Gasteiger partial charge is 0.478 e. The van der Waals surface area contributed by atoms with E-state index in [0.29, 0.717) is 18.5 Å². The molecule has 4 nitrogen and oxygen atoms in total. The number of aromatic carboxylic acids is 1. The van der Waals surface area contributed by atoms with Gasteiger partial charge in [-0.05, 0) is 18.4 Å². The van der Waals surface area contributed by atoms with Crippen molar-refractivity contribution in [3.63, 3.8) is 0 Å². The lowest BCUT2D eigenvalue weighted by atomic mass is 10.1. The van der Waals surface area contributed by atoms with Crippen molar-refractivity contribution in [1.82, 2.24) is 4.57 Å². The fourth-order valence-electron chi connectivity index (χ4n) is 1.83. The fourth-order valence-corrected chi connectivity index (χ4v) is 1.83. The van der Waals surface area contributed by atoms with Crippen molar-refractivity contribution in [2.24, 2.45) is 0 Å². The minimum absolute atomic E-state index is 0.170. The van der Waals surface area contributed by atoms with Crippen molar-refractivity contribution in [3.8, 4) is 6.07 Å². The van der Waals surface area contributed by atoms with Gasteiger partial charge in [-0.1, -0.05) is 13.8 Å². The molecule has 0 amide bonds. The van der Waals surface area contributed by atoms with E-state index < -0.39 is 5.97 Å². The molecular formula is C12H16N2O2. The van der Waals surface area contributed by atoms with E-state index in [1.54, 1.807) is 12.3 Å². The summed E-state index contributed by atoms with van der Waals surface area (Å²) in [5.41, 5.74) is 1.21. The van der Waals surface area contributed by atoms with Crippen molar-refractivity contribution in [2.75, 3.05) is 0 Å². The molecule has 86 valence electrons. The van der Waals surface area contributed by atoms with E-state index in [0.717, 1.165) is 12.1 Å². The maximum atomic E-state index is 11.0. The number of hydrogen-bond acceptors (Lipinski definition) is 2. The molecule has 1 aromatic heterocycles. The van der Waals surface area contributed by atoms with E-state index in [1.807, 2.05) is 18.4 Å². The summed E-state index contributed by atoms with van der Waals surface area (Å²) < 4.78 is 1.94. The second kappa shape index (κ2) is 5.36. The molecule has 0 spiro atoms. The molecule has 0 fully saturated rings. The van der Waals surface area contributed by atoms with Crippen molar-refractivity contribution < 1.29 is 9.90 Å². The summed E-state index contributed by atoms with van der Waals surface area (Å²) in [6, 6.07) is 3.72. The lowest BCUT2D eigenvalue weighted by Gasteiger charge is -2.12. The molecular weight excluding hydrogens is 204 g/mol. The Morgan fingerprint density at radius 1 is 1.62 bits per heavy atom. The molecule has 0 aliphatic carbocycles. The number of nitriles is 1. The highest BCUT2D eigenvalue weighted by molar-refractivity contribution is 5.89. The molecule has 16 heavy (non-hydrogen) atoms. The molecule has 0 aliphatic heterocycles. The lowest BCUT2D eigenvalue weighted by Crippen LogP contribution is -2.08. The zero-order chi connectivity index (χ0) is 12.1. The Hall–Kier alpha value is -1.76. The molecule has 0 saturated carbocycles. The van der Waals surface area contributed by atoms with Crippen LogP contribution in [0.4, 0.5) is 0 Å². The molecule has 1 rings (SSSR count). The Kier molecular flexibility index (Phi) is 4.12.